The predicted molar refractivity (Wildman–Crippen MR) is 58.6 cm³/mol. The predicted octanol–water partition coefficient (Wildman–Crippen LogP) is 3.08. The van der Waals surface area contributed by atoms with Gasteiger partial charge in [0.05, 0.1) is 5.69 Å². The van der Waals surface area contributed by atoms with Crippen LogP contribution < -0.4 is 0 Å². The number of rotatable bonds is 2. The first-order valence-electron chi connectivity index (χ1n) is 5.60. The molecule has 0 saturated heterocycles. The van der Waals surface area contributed by atoms with Crippen LogP contribution in [0.1, 0.15) is 58.0 Å². The monoisotopic (exact) mass is 192 g/mol. The molecule has 1 saturated carbocycles. The summed E-state index contributed by atoms with van der Waals surface area (Å²) in [6.07, 6.45) is 4.92. The van der Waals surface area contributed by atoms with Crippen LogP contribution in [0, 0.1) is 0 Å². The topological polar surface area (TPSA) is 17.8 Å². The van der Waals surface area contributed by atoms with Gasteiger partial charge in [-0.15, -0.1) is 0 Å². The number of hydrogen-bond donors (Lipinski definition) is 0. The standard InChI is InChI=1S/C12H20N2/c1-5-14-8-10(9-6-7-9)13-11(14)12(2,3)4/h8-9H,5-7H2,1-4H3. The molecule has 2 rings (SSSR count). The van der Waals surface area contributed by atoms with Gasteiger partial charge in [-0.2, -0.15) is 0 Å². The Kier molecular flexibility index (Phi) is 2.17. The summed E-state index contributed by atoms with van der Waals surface area (Å²) in [5.41, 5.74) is 1.49. The highest BCUT2D eigenvalue weighted by atomic mass is 15.1. The second-order valence-electron chi connectivity index (χ2n) is 5.30. The number of aromatic nitrogens is 2. The van der Waals surface area contributed by atoms with Crippen molar-refractivity contribution >= 4 is 0 Å². The molecule has 0 bridgehead atoms. The molecule has 0 unspecified atom stereocenters. The van der Waals surface area contributed by atoms with Gasteiger partial charge in [0.1, 0.15) is 5.82 Å². The summed E-state index contributed by atoms with van der Waals surface area (Å²) in [7, 11) is 0. The van der Waals surface area contributed by atoms with Crippen LogP contribution in [-0.4, -0.2) is 9.55 Å². The molecule has 2 nitrogen and oxygen atoms in total. The molecule has 2 heteroatoms. The van der Waals surface area contributed by atoms with Crippen molar-refractivity contribution in [3.63, 3.8) is 0 Å². The third-order valence-corrected chi connectivity index (χ3v) is 2.80. The fourth-order valence-electron chi connectivity index (χ4n) is 1.85. The van der Waals surface area contributed by atoms with Gasteiger partial charge in [0.15, 0.2) is 0 Å². The molecule has 1 aliphatic rings. The summed E-state index contributed by atoms with van der Waals surface area (Å²) < 4.78 is 2.30. The van der Waals surface area contributed by atoms with Gasteiger partial charge in [0.25, 0.3) is 0 Å². The summed E-state index contributed by atoms with van der Waals surface area (Å²) in [6, 6.07) is 0. The minimum atomic E-state index is 0.170. The van der Waals surface area contributed by atoms with Crippen molar-refractivity contribution in [2.75, 3.05) is 0 Å². The highest BCUT2D eigenvalue weighted by Crippen LogP contribution is 2.40. The Morgan fingerprint density at radius 3 is 2.43 bits per heavy atom. The van der Waals surface area contributed by atoms with Crippen LogP contribution in [0.15, 0.2) is 6.20 Å². The quantitative estimate of drug-likeness (QED) is 0.704. The van der Waals surface area contributed by atoms with Crippen molar-refractivity contribution < 1.29 is 0 Å². The largest absolute Gasteiger partial charge is 0.334 e. The van der Waals surface area contributed by atoms with E-state index in [4.69, 9.17) is 4.98 Å². The summed E-state index contributed by atoms with van der Waals surface area (Å²) >= 11 is 0. The average molecular weight is 192 g/mol. The normalized spacial score (nSPS) is 17.4. The first-order valence-corrected chi connectivity index (χ1v) is 5.60. The molecule has 1 fully saturated rings. The highest BCUT2D eigenvalue weighted by Gasteiger charge is 2.29. The molecule has 0 amide bonds. The SMILES string of the molecule is CCn1cc(C2CC2)nc1C(C)(C)C. The Balaban J connectivity index is 2.37. The number of hydrogen-bond acceptors (Lipinski definition) is 1. The molecule has 14 heavy (non-hydrogen) atoms. The van der Waals surface area contributed by atoms with E-state index in [0.717, 1.165) is 12.5 Å². The smallest absolute Gasteiger partial charge is 0.114 e. The van der Waals surface area contributed by atoms with Gasteiger partial charge < -0.3 is 4.57 Å². The lowest BCUT2D eigenvalue weighted by molar-refractivity contribution is 0.506. The molecular formula is C12H20N2. The minimum Gasteiger partial charge on any atom is -0.334 e. The number of aryl methyl sites for hydroxylation is 1. The Hall–Kier alpha value is -0.790. The van der Waals surface area contributed by atoms with E-state index in [-0.39, 0.29) is 5.41 Å². The van der Waals surface area contributed by atoms with E-state index >= 15 is 0 Å². The third-order valence-electron chi connectivity index (χ3n) is 2.80. The maximum absolute atomic E-state index is 4.78. The van der Waals surface area contributed by atoms with Crippen LogP contribution in [0.4, 0.5) is 0 Å². The Labute approximate surface area is 86.3 Å². The third kappa shape index (κ3) is 1.70. The molecule has 0 N–H and O–H groups in total. The summed E-state index contributed by atoms with van der Waals surface area (Å²) in [4.78, 5) is 4.78. The van der Waals surface area contributed by atoms with Crippen molar-refractivity contribution in [2.24, 2.45) is 0 Å². The van der Waals surface area contributed by atoms with E-state index in [0.29, 0.717) is 0 Å². The van der Waals surface area contributed by atoms with Crippen LogP contribution in [0.2, 0.25) is 0 Å². The molecule has 1 heterocycles. The van der Waals surface area contributed by atoms with Crippen LogP contribution >= 0.6 is 0 Å². The first kappa shape index (κ1) is 9.75. The second-order valence-corrected chi connectivity index (χ2v) is 5.30. The fourth-order valence-corrected chi connectivity index (χ4v) is 1.85. The molecule has 78 valence electrons. The Morgan fingerprint density at radius 2 is 2.07 bits per heavy atom. The van der Waals surface area contributed by atoms with Crippen LogP contribution in [0.25, 0.3) is 0 Å². The lowest BCUT2D eigenvalue weighted by Gasteiger charge is -2.18. The molecular weight excluding hydrogens is 172 g/mol. The summed E-state index contributed by atoms with van der Waals surface area (Å²) in [5.74, 6) is 2.01. The maximum Gasteiger partial charge on any atom is 0.114 e. The van der Waals surface area contributed by atoms with Crippen molar-refractivity contribution in [2.45, 2.75) is 58.4 Å². The van der Waals surface area contributed by atoms with E-state index in [2.05, 4.69) is 38.5 Å². The van der Waals surface area contributed by atoms with E-state index < -0.39 is 0 Å². The average Bonchev–Trinajstić information content (AvgIpc) is 2.83. The van der Waals surface area contributed by atoms with Crippen molar-refractivity contribution in [1.82, 2.24) is 9.55 Å². The maximum atomic E-state index is 4.78. The van der Waals surface area contributed by atoms with E-state index in [9.17, 15) is 0 Å². The molecule has 0 aliphatic heterocycles. The lowest BCUT2D eigenvalue weighted by atomic mass is 9.96. The molecule has 0 radical (unpaired) electrons. The first-order chi connectivity index (χ1) is 6.52. The van der Waals surface area contributed by atoms with E-state index in [1.165, 1.54) is 24.4 Å². The zero-order valence-electron chi connectivity index (χ0n) is 9.67. The molecule has 0 atom stereocenters. The molecule has 0 aromatic carbocycles. The Morgan fingerprint density at radius 1 is 1.43 bits per heavy atom. The van der Waals surface area contributed by atoms with E-state index in [1.54, 1.807) is 0 Å². The lowest BCUT2D eigenvalue weighted by Crippen LogP contribution is -2.18. The highest BCUT2D eigenvalue weighted by molar-refractivity contribution is 5.18. The molecule has 1 aliphatic carbocycles. The fraction of sp³-hybridized carbons (Fsp3) is 0.750. The zero-order chi connectivity index (χ0) is 10.3. The number of nitrogens with zero attached hydrogens (tertiary/aromatic N) is 2. The minimum absolute atomic E-state index is 0.170. The second kappa shape index (κ2) is 3.11. The van der Waals surface area contributed by atoms with E-state index in [1.807, 2.05) is 0 Å². The summed E-state index contributed by atoms with van der Waals surface area (Å²) in [5, 5.41) is 0. The van der Waals surface area contributed by atoms with Gasteiger partial charge >= 0.3 is 0 Å². The zero-order valence-corrected chi connectivity index (χ0v) is 9.67. The Bertz CT molecular complexity index is 327. The molecule has 0 spiro atoms. The number of imidazole rings is 1. The van der Waals surface area contributed by atoms with Crippen LogP contribution in [0.3, 0.4) is 0 Å². The van der Waals surface area contributed by atoms with Gasteiger partial charge in [-0.05, 0) is 19.8 Å². The van der Waals surface area contributed by atoms with Crippen molar-refractivity contribution in [1.29, 1.82) is 0 Å². The van der Waals surface area contributed by atoms with Gasteiger partial charge in [-0.1, -0.05) is 20.8 Å². The van der Waals surface area contributed by atoms with Crippen molar-refractivity contribution in [3.8, 4) is 0 Å². The van der Waals surface area contributed by atoms with Gasteiger partial charge in [-0.25, -0.2) is 4.98 Å². The summed E-state index contributed by atoms with van der Waals surface area (Å²) in [6.45, 7) is 9.93. The molecule has 1 aromatic rings. The van der Waals surface area contributed by atoms with Gasteiger partial charge in [0, 0.05) is 24.1 Å². The van der Waals surface area contributed by atoms with Gasteiger partial charge in [0.2, 0.25) is 0 Å². The molecule has 1 aromatic heterocycles. The van der Waals surface area contributed by atoms with Crippen molar-refractivity contribution in [3.05, 3.63) is 17.7 Å². The van der Waals surface area contributed by atoms with Crippen LogP contribution in [-0.2, 0) is 12.0 Å². The van der Waals surface area contributed by atoms with Crippen LogP contribution in [0.5, 0.6) is 0 Å². The van der Waals surface area contributed by atoms with Gasteiger partial charge in [-0.3, -0.25) is 0 Å².